The summed E-state index contributed by atoms with van der Waals surface area (Å²) in [6.45, 7) is 0.818. The Morgan fingerprint density at radius 2 is 2.16 bits per heavy atom. The van der Waals surface area contributed by atoms with Gasteiger partial charge in [-0.15, -0.1) is 0 Å². The van der Waals surface area contributed by atoms with E-state index in [4.69, 9.17) is 22.7 Å². The highest BCUT2D eigenvalue weighted by molar-refractivity contribution is 7.71. The molecule has 134 valence electrons. The first-order chi connectivity index (χ1) is 11.8. The molecule has 1 aromatic carbocycles. The molecule has 0 aliphatic rings. The van der Waals surface area contributed by atoms with Gasteiger partial charge in [0, 0.05) is 31.8 Å². The van der Waals surface area contributed by atoms with Crippen molar-refractivity contribution in [3.05, 3.63) is 45.2 Å². The molecule has 3 N–H and O–H groups in total. The highest BCUT2D eigenvalue weighted by atomic mass is 32.1. The molecule has 0 saturated heterocycles. The minimum absolute atomic E-state index is 0.204. The molecule has 0 saturated carbocycles. The van der Waals surface area contributed by atoms with Crippen molar-refractivity contribution in [1.29, 1.82) is 0 Å². The summed E-state index contributed by atoms with van der Waals surface area (Å²) >= 11 is 5.24. The van der Waals surface area contributed by atoms with E-state index in [0.29, 0.717) is 36.5 Å². The number of halogens is 1. The van der Waals surface area contributed by atoms with Crippen molar-refractivity contribution in [3.63, 3.8) is 0 Å². The number of carbonyl (C=O) groups is 1. The van der Waals surface area contributed by atoms with Gasteiger partial charge >= 0.3 is 6.03 Å². The molecule has 0 aliphatic heterocycles. The Bertz CT molecular complexity index is 894. The molecular formula is C16H19FN4O3S. The van der Waals surface area contributed by atoms with E-state index < -0.39 is 17.4 Å². The zero-order valence-electron chi connectivity index (χ0n) is 13.9. The lowest BCUT2D eigenvalue weighted by Gasteiger charge is -2.18. The number of hydrogen-bond donors (Lipinski definition) is 2. The summed E-state index contributed by atoms with van der Waals surface area (Å²) in [5.74, 6) is -0.0357. The SMILES string of the molecule is COc1ccc(F)cc1-c1cc(=O)[nH]c(=S)n1CCCN(C)C(N)=O. The summed E-state index contributed by atoms with van der Waals surface area (Å²) < 4.78 is 20.9. The van der Waals surface area contributed by atoms with Crippen LogP contribution in [0.2, 0.25) is 0 Å². The predicted octanol–water partition coefficient (Wildman–Crippen LogP) is 2.12. The van der Waals surface area contributed by atoms with Crippen molar-refractivity contribution < 1.29 is 13.9 Å². The normalized spacial score (nSPS) is 10.5. The smallest absolute Gasteiger partial charge is 0.314 e. The second-order valence-electron chi connectivity index (χ2n) is 5.43. The van der Waals surface area contributed by atoms with E-state index in [1.807, 2.05) is 0 Å². The Morgan fingerprint density at radius 3 is 2.80 bits per heavy atom. The Morgan fingerprint density at radius 1 is 1.44 bits per heavy atom. The average molecular weight is 366 g/mol. The lowest BCUT2D eigenvalue weighted by molar-refractivity contribution is 0.217. The van der Waals surface area contributed by atoms with Crippen molar-refractivity contribution in [2.24, 2.45) is 5.73 Å². The first-order valence-electron chi connectivity index (χ1n) is 7.52. The number of nitrogens with two attached hydrogens (primary N) is 1. The summed E-state index contributed by atoms with van der Waals surface area (Å²) in [6.07, 6.45) is 0.546. The molecule has 1 heterocycles. The van der Waals surface area contributed by atoms with E-state index in [0.717, 1.165) is 0 Å². The Hall–Kier alpha value is -2.68. The van der Waals surface area contributed by atoms with Crippen molar-refractivity contribution >= 4 is 18.2 Å². The van der Waals surface area contributed by atoms with Crippen molar-refractivity contribution in [1.82, 2.24) is 14.5 Å². The molecule has 1 aromatic heterocycles. The molecule has 2 aromatic rings. The Kier molecular flexibility index (Phi) is 5.92. The number of hydrogen-bond acceptors (Lipinski definition) is 4. The second-order valence-corrected chi connectivity index (χ2v) is 5.82. The van der Waals surface area contributed by atoms with Gasteiger partial charge in [-0.1, -0.05) is 0 Å². The number of primary amides is 1. The molecule has 0 unspecified atom stereocenters. The number of aromatic amines is 1. The number of carbonyl (C=O) groups excluding carboxylic acids is 1. The number of amides is 2. The largest absolute Gasteiger partial charge is 0.496 e. The number of rotatable bonds is 6. The number of H-pyrrole nitrogens is 1. The summed E-state index contributed by atoms with van der Waals surface area (Å²) in [7, 11) is 3.05. The minimum Gasteiger partial charge on any atom is -0.496 e. The fourth-order valence-corrected chi connectivity index (χ4v) is 2.71. The van der Waals surface area contributed by atoms with Crippen LogP contribution in [-0.4, -0.2) is 41.2 Å². The summed E-state index contributed by atoms with van der Waals surface area (Å²) in [5, 5.41) is 0. The summed E-state index contributed by atoms with van der Waals surface area (Å²) in [5.41, 5.74) is 5.66. The van der Waals surface area contributed by atoms with Crippen LogP contribution >= 0.6 is 12.2 Å². The Balaban J connectivity index is 2.45. The van der Waals surface area contributed by atoms with Crippen LogP contribution in [0.25, 0.3) is 11.3 Å². The zero-order valence-corrected chi connectivity index (χ0v) is 14.7. The fraction of sp³-hybridized carbons (Fsp3) is 0.312. The van der Waals surface area contributed by atoms with E-state index >= 15 is 0 Å². The van der Waals surface area contributed by atoms with Gasteiger partial charge in [-0.2, -0.15) is 0 Å². The van der Waals surface area contributed by atoms with Crippen LogP contribution in [0.4, 0.5) is 9.18 Å². The van der Waals surface area contributed by atoms with Gasteiger partial charge in [-0.3, -0.25) is 9.78 Å². The van der Waals surface area contributed by atoms with E-state index in [1.165, 1.54) is 36.3 Å². The maximum absolute atomic E-state index is 13.7. The predicted molar refractivity (Wildman–Crippen MR) is 94.7 cm³/mol. The standard InChI is InChI=1S/C16H19FN4O3S/c1-20(15(18)23)6-3-7-21-12(9-14(22)19-16(21)25)11-8-10(17)4-5-13(11)24-2/h4-5,8-9H,3,6-7H2,1-2H3,(H2,18,23)(H,19,22,25). The molecular weight excluding hydrogens is 347 g/mol. The third-order valence-corrected chi connectivity index (χ3v) is 4.05. The average Bonchev–Trinajstić information content (AvgIpc) is 2.56. The highest BCUT2D eigenvalue weighted by Gasteiger charge is 2.13. The summed E-state index contributed by atoms with van der Waals surface area (Å²) in [6, 6.07) is 4.85. The number of aromatic nitrogens is 2. The minimum atomic E-state index is -0.530. The van der Waals surface area contributed by atoms with Gasteiger partial charge in [0.25, 0.3) is 5.56 Å². The molecule has 0 fully saturated rings. The maximum atomic E-state index is 13.7. The van der Waals surface area contributed by atoms with Gasteiger partial charge in [-0.25, -0.2) is 9.18 Å². The van der Waals surface area contributed by atoms with Crippen LogP contribution in [0.3, 0.4) is 0 Å². The molecule has 0 bridgehead atoms. The van der Waals surface area contributed by atoms with Gasteiger partial charge < -0.3 is 19.9 Å². The van der Waals surface area contributed by atoms with Crippen molar-refractivity contribution in [3.8, 4) is 17.0 Å². The lowest BCUT2D eigenvalue weighted by Crippen LogP contribution is -2.33. The monoisotopic (exact) mass is 366 g/mol. The van der Waals surface area contributed by atoms with Crippen LogP contribution in [0.5, 0.6) is 5.75 Å². The van der Waals surface area contributed by atoms with Crippen molar-refractivity contribution in [2.45, 2.75) is 13.0 Å². The molecule has 0 atom stereocenters. The maximum Gasteiger partial charge on any atom is 0.314 e. The van der Waals surface area contributed by atoms with Crippen LogP contribution < -0.4 is 16.0 Å². The molecule has 2 rings (SSSR count). The first-order valence-corrected chi connectivity index (χ1v) is 7.93. The van der Waals surface area contributed by atoms with E-state index in [9.17, 15) is 14.0 Å². The quantitative estimate of drug-likeness (QED) is 0.766. The molecule has 0 aliphatic carbocycles. The van der Waals surface area contributed by atoms with Gasteiger partial charge in [0.1, 0.15) is 11.6 Å². The third-order valence-electron chi connectivity index (χ3n) is 3.72. The van der Waals surface area contributed by atoms with Crippen LogP contribution in [0.15, 0.2) is 29.1 Å². The number of urea groups is 1. The second kappa shape index (κ2) is 7.93. The number of nitrogens with one attached hydrogen (secondary N) is 1. The number of ether oxygens (including phenoxy) is 1. The van der Waals surface area contributed by atoms with E-state index in [1.54, 1.807) is 11.6 Å². The molecule has 2 amide bonds. The van der Waals surface area contributed by atoms with Crippen LogP contribution in [0, 0.1) is 10.6 Å². The van der Waals surface area contributed by atoms with Gasteiger partial charge in [0.2, 0.25) is 0 Å². The van der Waals surface area contributed by atoms with Gasteiger partial charge in [0.05, 0.1) is 12.8 Å². The number of nitrogens with zero attached hydrogens (tertiary/aromatic N) is 2. The van der Waals surface area contributed by atoms with Crippen molar-refractivity contribution in [2.75, 3.05) is 20.7 Å². The molecule has 0 spiro atoms. The number of methoxy groups -OCH3 is 1. The number of benzene rings is 1. The highest BCUT2D eigenvalue weighted by Crippen LogP contribution is 2.30. The summed E-state index contributed by atoms with van der Waals surface area (Å²) in [4.78, 5) is 26.8. The molecule has 0 radical (unpaired) electrons. The topological polar surface area (TPSA) is 93.3 Å². The van der Waals surface area contributed by atoms with Crippen LogP contribution in [0.1, 0.15) is 6.42 Å². The zero-order chi connectivity index (χ0) is 18.6. The van der Waals surface area contributed by atoms with Crippen LogP contribution in [-0.2, 0) is 6.54 Å². The van der Waals surface area contributed by atoms with Gasteiger partial charge in [0.15, 0.2) is 4.77 Å². The molecule has 7 nitrogen and oxygen atoms in total. The molecule has 9 heteroatoms. The van der Waals surface area contributed by atoms with Gasteiger partial charge in [-0.05, 0) is 36.8 Å². The fourth-order valence-electron chi connectivity index (χ4n) is 2.42. The first kappa shape index (κ1) is 18.7. The van der Waals surface area contributed by atoms with E-state index in [-0.39, 0.29) is 4.77 Å². The molecule has 25 heavy (non-hydrogen) atoms. The van der Waals surface area contributed by atoms with E-state index in [2.05, 4.69) is 4.98 Å². The Labute approximate surface area is 148 Å². The third kappa shape index (κ3) is 4.44. The lowest BCUT2D eigenvalue weighted by atomic mass is 10.1.